The standard InChI is InChI=1S/C12H20N4O/c1-12(4-5-12)8-14-11(17)10(13-2)9-6-15-16(3)7-9/h6-7,10,13H,4-5,8H2,1-3H3,(H,14,17). The van der Waals surface area contributed by atoms with Gasteiger partial charge in [-0.2, -0.15) is 5.10 Å². The summed E-state index contributed by atoms with van der Waals surface area (Å²) in [7, 11) is 3.63. The van der Waals surface area contributed by atoms with E-state index < -0.39 is 0 Å². The van der Waals surface area contributed by atoms with Gasteiger partial charge in [0, 0.05) is 25.4 Å². The molecule has 2 N–H and O–H groups in total. The van der Waals surface area contributed by atoms with E-state index in [1.807, 2.05) is 13.2 Å². The van der Waals surface area contributed by atoms with Crippen LogP contribution in [0.2, 0.25) is 0 Å². The Morgan fingerprint density at radius 2 is 2.35 bits per heavy atom. The molecule has 1 amide bonds. The van der Waals surface area contributed by atoms with Crippen molar-refractivity contribution < 1.29 is 4.79 Å². The van der Waals surface area contributed by atoms with Gasteiger partial charge in [-0.15, -0.1) is 0 Å². The van der Waals surface area contributed by atoms with E-state index in [0.717, 1.165) is 12.1 Å². The van der Waals surface area contributed by atoms with E-state index in [1.54, 1.807) is 17.9 Å². The second kappa shape index (κ2) is 4.49. The third-order valence-corrected chi connectivity index (χ3v) is 3.40. The molecule has 0 saturated heterocycles. The predicted octanol–water partition coefficient (Wildman–Crippen LogP) is 0.597. The van der Waals surface area contributed by atoms with Crippen LogP contribution in [0, 0.1) is 5.41 Å². The second-order valence-electron chi connectivity index (χ2n) is 5.20. The fourth-order valence-corrected chi connectivity index (χ4v) is 1.83. The third-order valence-electron chi connectivity index (χ3n) is 3.40. The predicted molar refractivity (Wildman–Crippen MR) is 65.4 cm³/mol. The van der Waals surface area contributed by atoms with E-state index in [0.29, 0.717) is 5.41 Å². The number of likely N-dealkylation sites (N-methyl/N-ethyl adjacent to an activating group) is 1. The molecule has 1 aromatic rings. The largest absolute Gasteiger partial charge is 0.354 e. The zero-order valence-electron chi connectivity index (χ0n) is 10.7. The lowest BCUT2D eigenvalue weighted by molar-refractivity contribution is -0.123. The lowest BCUT2D eigenvalue weighted by Gasteiger charge is -2.16. The summed E-state index contributed by atoms with van der Waals surface area (Å²) in [6.45, 7) is 2.97. The first-order valence-corrected chi connectivity index (χ1v) is 5.98. The van der Waals surface area contributed by atoms with Crippen molar-refractivity contribution in [2.45, 2.75) is 25.8 Å². The lowest BCUT2D eigenvalue weighted by atomic mass is 10.1. The number of aromatic nitrogens is 2. The number of hydrogen-bond acceptors (Lipinski definition) is 3. The van der Waals surface area contributed by atoms with Crippen molar-refractivity contribution >= 4 is 5.91 Å². The normalized spacial score (nSPS) is 18.8. The Kier molecular flexibility index (Phi) is 3.19. The second-order valence-corrected chi connectivity index (χ2v) is 5.20. The topological polar surface area (TPSA) is 59.0 Å². The maximum atomic E-state index is 12.0. The molecule has 1 aromatic heterocycles. The van der Waals surface area contributed by atoms with Crippen molar-refractivity contribution in [1.29, 1.82) is 0 Å². The fraction of sp³-hybridized carbons (Fsp3) is 0.667. The van der Waals surface area contributed by atoms with Crippen molar-refractivity contribution in [3.05, 3.63) is 18.0 Å². The molecule has 1 unspecified atom stereocenters. The first-order valence-electron chi connectivity index (χ1n) is 5.98. The summed E-state index contributed by atoms with van der Waals surface area (Å²) in [4.78, 5) is 12.0. The Labute approximate surface area is 102 Å². The van der Waals surface area contributed by atoms with Gasteiger partial charge in [-0.25, -0.2) is 0 Å². The van der Waals surface area contributed by atoms with E-state index in [2.05, 4.69) is 22.7 Å². The van der Waals surface area contributed by atoms with E-state index in [1.165, 1.54) is 12.8 Å². The Hall–Kier alpha value is -1.36. The van der Waals surface area contributed by atoms with Gasteiger partial charge in [-0.1, -0.05) is 6.92 Å². The molecule has 1 aliphatic carbocycles. The molecule has 1 aliphatic rings. The number of carbonyl (C=O) groups is 1. The van der Waals surface area contributed by atoms with Gasteiger partial charge in [0.25, 0.3) is 0 Å². The fourth-order valence-electron chi connectivity index (χ4n) is 1.83. The van der Waals surface area contributed by atoms with Gasteiger partial charge < -0.3 is 10.6 Å². The van der Waals surface area contributed by atoms with Crippen LogP contribution in [0.3, 0.4) is 0 Å². The summed E-state index contributed by atoms with van der Waals surface area (Å²) in [6, 6.07) is -0.314. The number of amides is 1. The van der Waals surface area contributed by atoms with Gasteiger partial charge in [0.15, 0.2) is 0 Å². The monoisotopic (exact) mass is 236 g/mol. The average Bonchev–Trinajstić information content (AvgIpc) is 2.88. The summed E-state index contributed by atoms with van der Waals surface area (Å²) in [6.07, 6.45) is 6.01. The van der Waals surface area contributed by atoms with E-state index in [-0.39, 0.29) is 11.9 Å². The highest BCUT2D eigenvalue weighted by atomic mass is 16.2. The number of hydrogen-bond donors (Lipinski definition) is 2. The molecular weight excluding hydrogens is 216 g/mol. The number of nitrogens with zero attached hydrogens (tertiary/aromatic N) is 2. The first-order chi connectivity index (χ1) is 8.04. The molecule has 5 heteroatoms. The summed E-state index contributed by atoms with van der Waals surface area (Å²) in [5.41, 5.74) is 1.23. The zero-order chi connectivity index (χ0) is 12.5. The van der Waals surface area contributed by atoms with Gasteiger partial charge in [0.2, 0.25) is 5.91 Å². The van der Waals surface area contributed by atoms with Crippen molar-refractivity contribution in [3.8, 4) is 0 Å². The first kappa shape index (κ1) is 12.1. The Morgan fingerprint density at radius 3 is 2.82 bits per heavy atom. The van der Waals surface area contributed by atoms with E-state index in [9.17, 15) is 4.79 Å². The Balaban J connectivity index is 1.95. The van der Waals surface area contributed by atoms with Crippen LogP contribution in [0.25, 0.3) is 0 Å². The van der Waals surface area contributed by atoms with Crippen LogP contribution in [0.5, 0.6) is 0 Å². The van der Waals surface area contributed by atoms with Gasteiger partial charge >= 0.3 is 0 Å². The molecule has 1 saturated carbocycles. The van der Waals surface area contributed by atoms with Crippen molar-refractivity contribution in [2.75, 3.05) is 13.6 Å². The summed E-state index contributed by atoms with van der Waals surface area (Å²) in [5.74, 6) is 0.0219. The minimum absolute atomic E-state index is 0.0219. The highest BCUT2D eigenvalue weighted by Gasteiger charge is 2.37. The molecule has 0 spiro atoms. The maximum Gasteiger partial charge on any atom is 0.241 e. The molecule has 1 fully saturated rings. The molecule has 5 nitrogen and oxygen atoms in total. The van der Waals surface area contributed by atoms with Crippen LogP contribution in [0.15, 0.2) is 12.4 Å². The van der Waals surface area contributed by atoms with Crippen molar-refractivity contribution in [1.82, 2.24) is 20.4 Å². The minimum Gasteiger partial charge on any atom is -0.354 e. The van der Waals surface area contributed by atoms with Crippen LogP contribution in [-0.4, -0.2) is 29.3 Å². The number of nitrogens with one attached hydrogen (secondary N) is 2. The molecule has 0 aliphatic heterocycles. The molecule has 17 heavy (non-hydrogen) atoms. The Morgan fingerprint density at radius 1 is 1.65 bits per heavy atom. The van der Waals surface area contributed by atoms with Gasteiger partial charge in [-0.05, 0) is 25.3 Å². The maximum absolute atomic E-state index is 12.0. The van der Waals surface area contributed by atoms with Crippen LogP contribution in [0.1, 0.15) is 31.4 Å². The summed E-state index contributed by atoms with van der Waals surface area (Å²) < 4.78 is 1.70. The molecule has 2 rings (SSSR count). The van der Waals surface area contributed by atoms with E-state index >= 15 is 0 Å². The molecule has 94 valence electrons. The average molecular weight is 236 g/mol. The van der Waals surface area contributed by atoms with Crippen molar-refractivity contribution in [2.24, 2.45) is 12.5 Å². The summed E-state index contributed by atoms with van der Waals surface area (Å²) >= 11 is 0. The number of rotatable bonds is 5. The highest BCUT2D eigenvalue weighted by Crippen LogP contribution is 2.44. The molecule has 0 bridgehead atoms. The molecule has 0 radical (unpaired) electrons. The molecular formula is C12H20N4O. The number of aryl methyl sites for hydroxylation is 1. The van der Waals surface area contributed by atoms with Crippen LogP contribution in [0.4, 0.5) is 0 Å². The summed E-state index contributed by atoms with van der Waals surface area (Å²) in [5, 5.41) is 10.1. The van der Waals surface area contributed by atoms with E-state index in [4.69, 9.17) is 0 Å². The van der Waals surface area contributed by atoms with Gasteiger partial charge in [0.1, 0.15) is 6.04 Å². The Bertz CT molecular complexity index is 408. The van der Waals surface area contributed by atoms with Crippen molar-refractivity contribution in [3.63, 3.8) is 0 Å². The minimum atomic E-state index is -0.314. The van der Waals surface area contributed by atoms with Gasteiger partial charge in [0.05, 0.1) is 6.20 Å². The van der Waals surface area contributed by atoms with Crippen LogP contribution >= 0.6 is 0 Å². The lowest BCUT2D eigenvalue weighted by Crippen LogP contribution is -2.38. The van der Waals surface area contributed by atoms with Crippen LogP contribution < -0.4 is 10.6 Å². The highest BCUT2D eigenvalue weighted by molar-refractivity contribution is 5.83. The number of carbonyl (C=O) groups excluding carboxylic acids is 1. The molecule has 1 heterocycles. The van der Waals surface area contributed by atoms with Crippen LogP contribution in [-0.2, 0) is 11.8 Å². The molecule has 1 atom stereocenters. The quantitative estimate of drug-likeness (QED) is 0.787. The third kappa shape index (κ3) is 2.85. The SMILES string of the molecule is CNC(C(=O)NCC1(C)CC1)c1cnn(C)c1. The smallest absolute Gasteiger partial charge is 0.241 e. The zero-order valence-corrected chi connectivity index (χ0v) is 10.7. The van der Waals surface area contributed by atoms with Gasteiger partial charge in [-0.3, -0.25) is 9.48 Å². The molecule has 0 aromatic carbocycles.